The van der Waals surface area contributed by atoms with Gasteiger partial charge in [0.1, 0.15) is 23.9 Å². The van der Waals surface area contributed by atoms with Gasteiger partial charge in [-0.3, -0.25) is 28.6 Å². The number of fused-ring (bicyclic) bond motifs is 2. The number of carbonyl (C=O) groups is 4. The zero-order valence-corrected chi connectivity index (χ0v) is 38.9. The first-order valence-corrected chi connectivity index (χ1v) is 25.6. The van der Waals surface area contributed by atoms with Crippen LogP contribution in [0, 0.1) is 0 Å². The van der Waals surface area contributed by atoms with Gasteiger partial charge in [0.05, 0.1) is 30.7 Å². The predicted molar refractivity (Wildman–Crippen MR) is 247 cm³/mol. The Morgan fingerprint density at radius 3 is 2.42 bits per heavy atom. The van der Waals surface area contributed by atoms with E-state index in [9.17, 15) is 23.7 Å². The van der Waals surface area contributed by atoms with Crippen LogP contribution < -0.4 is 14.9 Å². The lowest BCUT2D eigenvalue weighted by Crippen LogP contribution is -2.60. The van der Waals surface area contributed by atoms with E-state index in [1.54, 1.807) is 42.5 Å². The Morgan fingerprint density at radius 2 is 1.72 bits per heavy atom. The number of alkyl halides is 1. The van der Waals surface area contributed by atoms with Crippen LogP contribution in [0.1, 0.15) is 104 Å². The molecule has 1 saturated carbocycles. The number of para-hydroxylation sites is 1. The molecule has 16 heteroatoms. The third kappa shape index (κ3) is 9.36. The molecule has 0 bridgehead atoms. The zero-order chi connectivity index (χ0) is 45.5. The molecular formula is C49H59FN5O8PS. The van der Waals surface area contributed by atoms with Crippen molar-refractivity contribution in [3.05, 3.63) is 101 Å². The topological polar surface area (TPSA) is 147 Å². The number of nitrogens with one attached hydrogen (secondary N) is 2. The Kier molecular flexibility index (Phi) is 13.2. The number of thiophene rings is 1. The Hall–Kier alpha value is -4.66. The maximum absolute atomic E-state index is 16.7. The van der Waals surface area contributed by atoms with Gasteiger partial charge >= 0.3 is 13.5 Å². The molecule has 9 rings (SSSR count). The lowest BCUT2D eigenvalue weighted by atomic mass is 9.92. The number of nitrogens with zero attached hydrogens (tertiary/aromatic N) is 3. The fourth-order valence-electron chi connectivity index (χ4n) is 10.3. The summed E-state index contributed by atoms with van der Waals surface area (Å²) in [6, 6.07) is 22.5. The van der Waals surface area contributed by atoms with E-state index in [1.807, 2.05) is 30.0 Å². The molecule has 4 aliphatic heterocycles. The molecule has 1 aromatic heterocycles. The van der Waals surface area contributed by atoms with Crippen molar-refractivity contribution in [2.24, 2.45) is 0 Å². The molecule has 13 nitrogen and oxygen atoms in total. The molecule has 1 spiro atoms. The molecule has 3 amide bonds. The summed E-state index contributed by atoms with van der Waals surface area (Å²) in [5.41, 5.74) is 1.11. The fraction of sp³-hybridized carbons (Fsp3) is 0.510. The second-order valence-electron chi connectivity index (χ2n) is 18.6. The van der Waals surface area contributed by atoms with Gasteiger partial charge in [-0.2, -0.15) is 0 Å². The van der Waals surface area contributed by atoms with Crippen molar-refractivity contribution < 1.29 is 42.1 Å². The summed E-state index contributed by atoms with van der Waals surface area (Å²) >= 11 is 1.20. The minimum Gasteiger partial charge on any atom is -0.465 e. The monoisotopic (exact) mass is 927 g/mol. The zero-order valence-electron chi connectivity index (χ0n) is 37.2. The van der Waals surface area contributed by atoms with Crippen LogP contribution in [0.2, 0.25) is 0 Å². The first-order chi connectivity index (χ1) is 31.4. The molecule has 346 valence electrons. The number of amides is 3. The van der Waals surface area contributed by atoms with Crippen LogP contribution >= 0.6 is 18.9 Å². The number of esters is 1. The Morgan fingerprint density at radius 1 is 0.985 bits per heavy atom. The summed E-state index contributed by atoms with van der Waals surface area (Å²) in [6.07, 6.45) is 6.57. The lowest BCUT2D eigenvalue weighted by molar-refractivity contribution is -0.149. The minimum atomic E-state index is -4.47. The van der Waals surface area contributed by atoms with Crippen LogP contribution in [0.25, 0.3) is 10.1 Å². The van der Waals surface area contributed by atoms with E-state index in [1.165, 1.54) is 36.0 Å². The van der Waals surface area contributed by atoms with Crippen molar-refractivity contribution in [2.45, 2.75) is 125 Å². The second-order valence-corrected chi connectivity index (χ2v) is 21.8. The summed E-state index contributed by atoms with van der Waals surface area (Å²) in [4.78, 5) is 63.3. The number of hydrogen-bond acceptors (Lipinski definition) is 10. The summed E-state index contributed by atoms with van der Waals surface area (Å²) in [7, 11) is -2.35. The van der Waals surface area contributed by atoms with Gasteiger partial charge in [0.15, 0.2) is 0 Å². The standard InChI is InChI=1S/C49H59FN5O8PS/c1-4-23-62-48(59)31(2)52-64(60,63-39-13-9-6-10-14-39)44(50)33-15-20-42-34(24-33)25-43(65-42)45(56)51-40-18-16-36(53(3)38-29-61-30-38)26-37-17-19-41(55(37)46(40)57)47(58)54-28-35(27-49(54)21-22-49)32-11-7-5-8-12-32/h5-15,20,24-25,31,35-38,40-41,44H,4,16-19,21-23,26-30H2,1-3H3,(H,51,56)(H,52,60)/t31-,35+,36-,37+,40-,41-,44+,64-/m0/s1. The number of hydrogen-bond donors (Lipinski definition) is 2. The first kappa shape index (κ1) is 45.5. The molecule has 4 aromatic rings. The molecule has 4 saturated heterocycles. The number of carbonyl (C=O) groups excluding carboxylic acids is 4. The maximum Gasteiger partial charge on any atom is 0.355 e. The molecular weight excluding hydrogens is 869 g/mol. The SMILES string of the molecule is CCCOC(=O)[C@H](C)N[P@@](=O)(Oc1ccccc1)[C@@H](F)c1ccc2sc(C(=O)N[C@H]3CC[C@H](N(C)C4COC4)C[C@H]4CC[C@@H](C(=O)N5C[C@H](c6ccccc6)CC56CC6)N4C3=O)cc2c1. The van der Waals surface area contributed by atoms with Gasteiger partial charge in [-0.25, -0.2) is 9.48 Å². The molecule has 0 radical (unpaired) electrons. The Bertz CT molecular complexity index is 2430. The van der Waals surface area contributed by atoms with Gasteiger partial charge in [0.25, 0.3) is 5.91 Å². The number of likely N-dealkylation sites (N-methyl/N-ethyl adjacent to an activating group) is 1. The van der Waals surface area contributed by atoms with Gasteiger partial charge in [-0.15, -0.1) is 11.3 Å². The predicted octanol–water partition coefficient (Wildman–Crippen LogP) is 7.96. The van der Waals surface area contributed by atoms with Crippen molar-refractivity contribution >= 4 is 52.6 Å². The van der Waals surface area contributed by atoms with Gasteiger partial charge in [0, 0.05) is 34.8 Å². The molecule has 1 aliphatic carbocycles. The van der Waals surface area contributed by atoms with Crippen LogP contribution in [-0.2, 0) is 28.4 Å². The van der Waals surface area contributed by atoms with Crippen molar-refractivity contribution in [3.63, 3.8) is 0 Å². The van der Waals surface area contributed by atoms with Crippen LogP contribution in [0.3, 0.4) is 0 Å². The smallest absolute Gasteiger partial charge is 0.355 e. The van der Waals surface area contributed by atoms with Gasteiger partial charge in [-0.05, 0) is 119 Å². The molecule has 5 fully saturated rings. The van der Waals surface area contributed by atoms with E-state index in [0.717, 1.165) is 25.7 Å². The molecule has 65 heavy (non-hydrogen) atoms. The van der Waals surface area contributed by atoms with Gasteiger partial charge in [0.2, 0.25) is 17.7 Å². The molecule has 3 aromatic carbocycles. The molecule has 8 atom stereocenters. The molecule has 5 heterocycles. The molecule has 5 aliphatic rings. The lowest BCUT2D eigenvalue weighted by Gasteiger charge is -2.44. The van der Waals surface area contributed by atoms with E-state index < -0.39 is 43.4 Å². The highest BCUT2D eigenvalue weighted by molar-refractivity contribution is 7.57. The van der Waals surface area contributed by atoms with Crippen LogP contribution in [-0.4, -0.2) is 114 Å². The second kappa shape index (κ2) is 18.9. The summed E-state index contributed by atoms with van der Waals surface area (Å²) < 4.78 is 48.4. The highest BCUT2D eigenvalue weighted by Gasteiger charge is 2.59. The summed E-state index contributed by atoms with van der Waals surface area (Å²) in [5, 5.41) is 6.23. The number of likely N-dealkylation sites (tertiary alicyclic amines) is 1. The largest absolute Gasteiger partial charge is 0.465 e. The van der Waals surface area contributed by atoms with E-state index in [0.29, 0.717) is 66.8 Å². The van der Waals surface area contributed by atoms with Crippen molar-refractivity contribution in [1.29, 1.82) is 0 Å². The number of rotatable bonds is 15. The summed E-state index contributed by atoms with van der Waals surface area (Å²) in [6.45, 7) is 5.40. The van der Waals surface area contributed by atoms with Crippen LogP contribution in [0.15, 0.2) is 84.9 Å². The molecule has 2 N–H and O–H groups in total. The average molecular weight is 928 g/mol. The normalized spacial score (nSPS) is 25.9. The first-order valence-electron chi connectivity index (χ1n) is 23.1. The Labute approximate surface area is 383 Å². The van der Waals surface area contributed by atoms with Crippen LogP contribution in [0.4, 0.5) is 4.39 Å². The van der Waals surface area contributed by atoms with Crippen molar-refractivity contribution in [2.75, 3.05) is 33.4 Å². The van der Waals surface area contributed by atoms with Crippen molar-refractivity contribution in [1.82, 2.24) is 25.1 Å². The maximum atomic E-state index is 16.7. The fourth-order valence-corrected chi connectivity index (χ4v) is 13.2. The van der Waals surface area contributed by atoms with Crippen molar-refractivity contribution in [3.8, 4) is 5.75 Å². The van der Waals surface area contributed by atoms with Gasteiger partial charge < -0.3 is 29.1 Å². The molecule has 0 unspecified atom stereocenters. The van der Waals surface area contributed by atoms with Crippen LogP contribution in [0.5, 0.6) is 5.75 Å². The summed E-state index contributed by atoms with van der Waals surface area (Å²) in [5.74, 6) is -3.12. The van der Waals surface area contributed by atoms with Gasteiger partial charge in [-0.1, -0.05) is 61.5 Å². The van der Waals surface area contributed by atoms with E-state index >= 15 is 4.39 Å². The quantitative estimate of drug-likeness (QED) is 0.0890. The number of halogens is 1. The number of ether oxygens (including phenoxy) is 2. The average Bonchev–Trinajstić information content (AvgIpc) is 3.56. The van der Waals surface area contributed by atoms with E-state index in [2.05, 4.69) is 39.4 Å². The minimum absolute atomic E-state index is 0.0194. The Balaban J connectivity index is 0.949. The highest BCUT2D eigenvalue weighted by atomic mass is 32.1. The van der Waals surface area contributed by atoms with E-state index in [4.69, 9.17) is 14.0 Å². The highest BCUT2D eigenvalue weighted by Crippen LogP contribution is 2.58. The third-order valence-electron chi connectivity index (χ3n) is 14.2. The van der Waals surface area contributed by atoms with E-state index in [-0.39, 0.29) is 59.3 Å². The number of benzene rings is 3. The third-order valence-corrected chi connectivity index (χ3v) is 17.5.